The van der Waals surface area contributed by atoms with Crippen LogP contribution in [0.25, 0.3) is 0 Å². The van der Waals surface area contributed by atoms with Crippen molar-refractivity contribution in [2.75, 3.05) is 10.4 Å². The molecule has 37 heavy (non-hydrogen) atoms. The molecule has 3 aromatic rings. The number of para-hydroxylation sites is 1. The molecule has 0 atom stereocenters. The fourth-order valence-electron chi connectivity index (χ4n) is 2.95. The first-order valence-corrected chi connectivity index (χ1v) is 13.0. The molecular formula is C27H34F2N2O5S. The van der Waals surface area contributed by atoms with Crippen LogP contribution in [-0.2, 0) is 10.1 Å². The minimum absolute atomic E-state index is 0.230. The SMILES string of the molecule is CC(C)(C)Oc1ccc(N(Nc2ccccc2)c2ccc(OC(C)(C)C)cc2)cc1.O=S(=O)(O)C(F)F. The quantitative estimate of drug-likeness (QED) is 0.242. The lowest BCUT2D eigenvalue weighted by molar-refractivity contribution is 0.130. The summed E-state index contributed by atoms with van der Waals surface area (Å²) in [5.41, 5.74) is 6.05. The third-order valence-corrected chi connectivity index (χ3v) is 4.73. The molecule has 202 valence electrons. The number of hydrazine groups is 1. The first-order chi connectivity index (χ1) is 17.0. The van der Waals surface area contributed by atoms with Crippen LogP contribution < -0.4 is 19.9 Å². The molecule has 0 aliphatic heterocycles. The number of alkyl halides is 2. The van der Waals surface area contributed by atoms with E-state index in [0.29, 0.717) is 0 Å². The van der Waals surface area contributed by atoms with E-state index in [2.05, 4.69) is 34.7 Å². The van der Waals surface area contributed by atoms with E-state index in [1.54, 1.807) is 0 Å². The number of hydrogen-bond acceptors (Lipinski definition) is 6. The summed E-state index contributed by atoms with van der Waals surface area (Å²) < 4.78 is 58.9. The van der Waals surface area contributed by atoms with E-state index in [0.717, 1.165) is 28.6 Å². The number of nitrogens with one attached hydrogen (secondary N) is 1. The number of anilines is 3. The summed E-state index contributed by atoms with van der Waals surface area (Å²) >= 11 is 0. The second-order valence-corrected chi connectivity index (χ2v) is 11.4. The number of nitrogens with zero attached hydrogens (tertiary/aromatic N) is 1. The van der Waals surface area contributed by atoms with Gasteiger partial charge in [0.05, 0.1) is 17.1 Å². The van der Waals surface area contributed by atoms with Gasteiger partial charge in [0.2, 0.25) is 0 Å². The Morgan fingerprint density at radius 1 is 0.730 bits per heavy atom. The van der Waals surface area contributed by atoms with E-state index >= 15 is 0 Å². The minimum atomic E-state index is -5.07. The van der Waals surface area contributed by atoms with Crippen LogP contribution in [-0.4, -0.2) is 29.9 Å². The molecule has 0 radical (unpaired) electrons. The fourth-order valence-corrected chi connectivity index (χ4v) is 2.95. The standard InChI is InChI=1S/C26H32N2O2.CH2F2O3S/c1-25(2,3)29-23-16-12-21(13-17-23)28(27-20-10-8-7-9-11-20)22-14-18-24(19-15-22)30-26(4,5)6;2-1(3)7(4,5)6/h7-19,27H,1-6H3;1H,(H,4,5,6). The van der Waals surface area contributed by atoms with Crippen LogP contribution in [0.15, 0.2) is 78.9 Å². The molecule has 0 unspecified atom stereocenters. The van der Waals surface area contributed by atoms with Gasteiger partial charge in [-0.3, -0.25) is 15.0 Å². The Bertz CT molecular complexity index is 1150. The van der Waals surface area contributed by atoms with Crippen LogP contribution in [0.4, 0.5) is 25.8 Å². The van der Waals surface area contributed by atoms with E-state index in [4.69, 9.17) is 22.4 Å². The summed E-state index contributed by atoms with van der Waals surface area (Å²) in [4.78, 5) is 0. The van der Waals surface area contributed by atoms with Gasteiger partial charge in [-0.15, -0.1) is 0 Å². The molecule has 0 aliphatic carbocycles. The third kappa shape index (κ3) is 11.1. The van der Waals surface area contributed by atoms with Gasteiger partial charge in [-0.25, -0.2) is 0 Å². The van der Waals surface area contributed by atoms with Gasteiger partial charge in [0.1, 0.15) is 22.7 Å². The second kappa shape index (κ2) is 12.2. The molecule has 0 spiro atoms. The summed E-state index contributed by atoms with van der Waals surface area (Å²) in [6.07, 6.45) is 0. The van der Waals surface area contributed by atoms with Crippen LogP contribution in [0, 0.1) is 0 Å². The van der Waals surface area contributed by atoms with Crippen molar-refractivity contribution in [3.8, 4) is 11.5 Å². The fraction of sp³-hybridized carbons (Fsp3) is 0.333. The number of benzene rings is 3. The van der Waals surface area contributed by atoms with Crippen molar-refractivity contribution in [3.05, 3.63) is 78.9 Å². The average Bonchev–Trinajstić information content (AvgIpc) is 2.77. The zero-order chi connectivity index (χ0) is 27.9. The lowest BCUT2D eigenvalue weighted by atomic mass is 10.2. The Kier molecular flexibility index (Phi) is 9.88. The number of hydrogen-bond donors (Lipinski definition) is 2. The van der Waals surface area contributed by atoms with Gasteiger partial charge in [-0.2, -0.15) is 17.2 Å². The predicted octanol–water partition coefficient (Wildman–Crippen LogP) is 7.30. The highest BCUT2D eigenvalue weighted by atomic mass is 32.2. The van der Waals surface area contributed by atoms with Gasteiger partial charge in [-0.1, -0.05) is 18.2 Å². The Labute approximate surface area is 217 Å². The number of halogens is 2. The molecule has 2 N–H and O–H groups in total. The maximum Gasteiger partial charge on any atom is 0.361 e. The van der Waals surface area contributed by atoms with Gasteiger partial charge >= 0.3 is 15.9 Å². The van der Waals surface area contributed by atoms with Gasteiger partial charge < -0.3 is 9.47 Å². The minimum Gasteiger partial charge on any atom is -0.488 e. The topological polar surface area (TPSA) is 88.1 Å². The first kappa shape index (κ1) is 29.9. The highest BCUT2D eigenvalue weighted by Gasteiger charge is 2.19. The maximum absolute atomic E-state index is 10.7. The Balaban J connectivity index is 0.000000604. The first-order valence-electron chi connectivity index (χ1n) is 11.5. The Morgan fingerprint density at radius 2 is 1.08 bits per heavy atom. The van der Waals surface area contributed by atoms with Crippen LogP contribution >= 0.6 is 0 Å². The predicted molar refractivity (Wildman–Crippen MR) is 143 cm³/mol. The second-order valence-electron chi connectivity index (χ2n) is 10.0. The highest BCUT2D eigenvalue weighted by Crippen LogP contribution is 2.31. The summed E-state index contributed by atoms with van der Waals surface area (Å²) in [5, 5.41) is 2.05. The summed E-state index contributed by atoms with van der Waals surface area (Å²) in [6.45, 7) is 12.3. The Morgan fingerprint density at radius 3 is 1.38 bits per heavy atom. The number of ether oxygens (including phenoxy) is 2. The van der Waals surface area contributed by atoms with E-state index in [-0.39, 0.29) is 11.2 Å². The van der Waals surface area contributed by atoms with Gasteiger partial charge in [0.15, 0.2) is 0 Å². The van der Waals surface area contributed by atoms with Gasteiger partial charge in [0, 0.05) is 0 Å². The van der Waals surface area contributed by atoms with Crippen molar-refractivity contribution < 1.29 is 31.2 Å². The smallest absolute Gasteiger partial charge is 0.361 e. The molecule has 0 amide bonds. The zero-order valence-corrected chi connectivity index (χ0v) is 22.6. The van der Waals surface area contributed by atoms with Crippen molar-refractivity contribution in [1.29, 1.82) is 0 Å². The molecule has 10 heteroatoms. The average molecular weight is 537 g/mol. The van der Waals surface area contributed by atoms with Crippen molar-refractivity contribution in [2.24, 2.45) is 0 Å². The zero-order valence-electron chi connectivity index (χ0n) is 21.8. The molecule has 7 nitrogen and oxygen atoms in total. The molecule has 0 aliphatic rings. The van der Waals surface area contributed by atoms with E-state index in [1.165, 1.54) is 0 Å². The molecule has 3 rings (SSSR count). The van der Waals surface area contributed by atoms with Crippen molar-refractivity contribution in [2.45, 2.75) is 58.5 Å². The highest BCUT2D eigenvalue weighted by molar-refractivity contribution is 7.86. The summed E-state index contributed by atoms with van der Waals surface area (Å²) in [5.74, 6) is -1.98. The summed E-state index contributed by atoms with van der Waals surface area (Å²) in [6, 6.07) is 26.3. The van der Waals surface area contributed by atoms with Crippen molar-refractivity contribution >= 4 is 27.2 Å². The molecule has 0 bridgehead atoms. The van der Waals surface area contributed by atoms with Gasteiger partial charge in [0.25, 0.3) is 0 Å². The number of rotatable bonds is 7. The van der Waals surface area contributed by atoms with Crippen molar-refractivity contribution in [1.82, 2.24) is 0 Å². The maximum atomic E-state index is 10.7. The van der Waals surface area contributed by atoms with Crippen LogP contribution in [0.3, 0.4) is 0 Å². The van der Waals surface area contributed by atoms with Crippen molar-refractivity contribution in [3.63, 3.8) is 0 Å². The van der Waals surface area contributed by atoms with Crippen LogP contribution in [0.5, 0.6) is 11.5 Å². The molecule has 0 saturated carbocycles. The van der Waals surface area contributed by atoms with Crippen LogP contribution in [0.2, 0.25) is 0 Å². The largest absolute Gasteiger partial charge is 0.488 e. The van der Waals surface area contributed by atoms with E-state index in [9.17, 15) is 8.78 Å². The molecule has 0 fully saturated rings. The van der Waals surface area contributed by atoms with E-state index in [1.807, 2.05) is 96.1 Å². The molecule has 0 aromatic heterocycles. The monoisotopic (exact) mass is 536 g/mol. The molecule has 0 saturated heterocycles. The normalized spacial score (nSPS) is 11.8. The van der Waals surface area contributed by atoms with Gasteiger partial charge in [-0.05, 0) is 102 Å². The third-order valence-electron chi connectivity index (χ3n) is 4.28. The van der Waals surface area contributed by atoms with Crippen LogP contribution in [0.1, 0.15) is 41.5 Å². The molecule has 0 heterocycles. The van der Waals surface area contributed by atoms with E-state index < -0.39 is 15.9 Å². The molecular weight excluding hydrogens is 502 g/mol. The summed E-state index contributed by atoms with van der Waals surface area (Å²) in [7, 11) is -5.07. The lowest BCUT2D eigenvalue weighted by Crippen LogP contribution is -2.25. The Hall–Kier alpha value is -3.37. The molecule has 3 aromatic carbocycles. The lowest BCUT2D eigenvalue weighted by Gasteiger charge is -2.28.